The molecule has 1 rings (SSSR count). The van der Waals surface area contributed by atoms with Crippen LogP contribution in [0, 0.1) is 12.3 Å². The summed E-state index contributed by atoms with van der Waals surface area (Å²) in [6.45, 7) is 5.61. The van der Waals surface area contributed by atoms with Crippen molar-refractivity contribution in [2.75, 3.05) is 6.54 Å². The summed E-state index contributed by atoms with van der Waals surface area (Å²) < 4.78 is 0. The predicted molar refractivity (Wildman–Crippen MR) is 70.8 cm³/mol. The molecule has 0 aliphatic rings. The first kappa shape index (κ1) is 14.4. The quantitative estimate of drug-likeness (QED) is 0.320. The van der Waals surface area contributed by atoms with Gasteiger partial charge in [0.1, 0.15) is 5.41 Å². The van der Waals surface area contributed by atoms with Crippen LogP contribution in [0.25, 0.3) is 0 Å². The molecule has 0 radical (unpaired) electrons. The molecule has 0 unspecified atom stereocenters. The molecule has 0 aromatic carbocycles. The highest BCUT2D eigenvalue weighted by molar-refractivity contribution is 7.09. The lowest BCUT2D eigenvalue weighted by Crippen LogP contribution is -2.46. The molecular formula is C11H18N4O2S. The fourth-order valence-corrected chi connectivity index (χ4v) is 2.04. The number of amides is 1. The van der Waals surface area contributed by atoms with Gasteiger partial charge in [0.15, 0.2) is 5.84 Å². The number of carbonyl (C=O) groups excluding carboxylic acids is 1. The molecule has 0 spiro atoms. The zero-order valence-corrected chi connectivity index (χ0v) is 11.5. The summed E-state index contributed by atoms with van der Waals surface area (Å²) in [4.78, 5) is 16.2. The maximum Gasteiger partial charge on any atom is 0.233 e. The van der Waals surface area contributed by atoms with Crippen molar-refractivity contribution < 1.29 is 10.0 Å². The summed E-state index contributed by atoms with van der Waals surface area (Å²) in [5.74, 6) is -0.379. The Balaban J connectivity index is 2.47. The number of oxime groups is 1. The Kier molecular flexibility index (Phi) is 4.66. The van der Waals surface area contributed by atoms with Gasteiger partial charge in [-0.25, -0.2) is 4.98 Å². The molecule has 0 saturated carbocycles. The monoisotopic (exact) mass is 270 g/mol. The van der Waals surface area contributed by atoms with Crippen LogP contribution in [0.5, 0.6) is 0 Å². The van der Waals surface area contributed by atoms with Gasteiger partial charge < -0.3 is 16.3 Å². The highest BCUT2D eigenvalue weighted by Crippen LogP contribution is 2.15. The van der Waals surface area contributed by atoms with E-state index < -0.39 is 5.41 Å². The van der Waals surface area contributed by atoms with E-state index in [1.165, 1.54) is 0 Å². The van der Waals surface area contributed by atoms with E-state index in [4.69, 9.17) is 10.9 Å². The van der Waals surface area contributed by atoms with E-state index in [0.29, 0.717) is 13.0 Å². The third-order valence-electron chi connectivity index (χ3n) is 2.61. The van der Waals surface area contributed by atoms with E-state index in [9.17, 15) is 4.79 Å². The first-order valence-corrected chi connectivity index (χ1v) is 6.43. The number of thiazole rings is 1. The van der Waals surface area contributed by atoms with Crippen molar-refractivity contribution in [3.05, 3.63) is 16.1 Å². The van der Waals surface area contributed by atoms with Gasteiger partial charge in [-0.3, -0.25) is 4.79 Å². The maximum atomic E-state index is 11.9. The Morgan fingerprint density at radius 3 is 2.83 bits per heavy atom. The normalized spacial score (nSPS) is 12.5. The standard InChI is InChI=1S/C11H18N4O2S/c1-7-6-18-8(14-7)4-5-13-10(16)11(2,3)9(12)15-17/h6,17H,4-5H2,1-3H3,(H2,12,15)(H,13,16). The van der Waals surface area contributed by atoms with Crippen LogP contribution < -0.4 is 11.1 Å². The number of nitrogens with one attached hydrogen (secondary N) is 1. The van der Waals surface area contributed by atoms with Crippen LogP contribution in [0.2, 0.25) is 0 Å². The Labute approximate surface area is 110 Å². The van der Waals surface area contributed by atoms with Crippen molar-refractivity contribution in [1.82, 2.24) is 10.3 Å². The molecule has 1 aromatic heterocycles. The lowest BCUT2D eigenvalue weighted by molar-refractivity contribution is -0.126. The SMILES string of the molecule is Cc1csc(CCNC(=O)C(C)(C)/C(N)=N/O)n1. The first-order chi connectivity index (χ1) is 8.37. The number of aryl methyl sites for hydroxylation is 1. The Morgan fingerprint density at radius 2 is 2.33 bits per heavy atom. The van der Waals surface area contributed by atoms with Crippen molar-refractivity contribution in [1.29, 1.82) is 0 Å². The Morgan fingerprint density at radius 1 is 1.67 bits per heavy atom. The van der Waals surface area contributed by atoms with Gasteiger partial charge in [-0.05, 0) is 20.8 Å². The summed E-state index contributed by atoms with van der Waals surface area (Å²) in [7, 11) is 0. The van der Waals surface area contributed by atoms with Gasteiger partial charge >= 0.3 is 0 Å². The summed E-state index contributed by atoms with van der Waals surface area (Å²) in [5.41, 5.74) is 5.43. The molecule has 6 nitrogen and oxygen atoms in total. The average molecular weight is 270 g/mol. The minimum atomic E-state index is -1.02. The fraction of sp³-hybridized carbons (Fsp3) is 0.545. The molecule has 0 atom stereocenters. The molecule has 0 fully saturated rings. The van der Waals surface area contributed by atoms with Crippen LogP contribution in [-0.2, 0) is 11.2 Å². The van der Waals surface area contributed by atoms with Gasteiger partial charge in [-0.15, -0.1) is 11.3 Å². The second kappa shape index (κ2) is 5.81. The van der Waals surface area contributed by atoms with Gasteiger partial charge in [0.25, 0.3) is 0 Å². The molecular weight excluding hydrogens is 252 g/mol. The second-order valence-corrected chi connectivity index (χ2v) is 5.44. The highest BCUT2D eigenvalue weighted by Gasteiger charge is 2.32. The van der Waals surface area contributed by atoms with Crippen LogP contribution in [0.1, 0.15) is 24.5 Å². The number of hydrogen-bond acceptors (Lipinski definition) is 5. The Hall–Kier alpha value is -1.63. The van der Waals surface area contributed by atoms with E-state index in [-0.39, 0.29) is 11.7 Å². The molecule has 1 heterocycles. The number of nitrogens with two attached hydrogens (primary N) is 1. The summed E-state index contributed by atoms with van der Waals surface area (Å²) in [6, 6.07) is 0. The highest BCUT2D eigenvalue weighted by atomic mass is 32.1. The fourth-order valence-electron chi connectivity index (χ4n) is 1.26. The average Bonchev–Trinajstić information content (AvgIpc) is 2.73. The lowest BCUT2D eigenvalue weighted by atomic mass is 9.91. The molecule has 18 heavy (non-hydrogen) atoms. The number of nitrogens with zero attached hydrogens (tertiary/aromatic N) is 2. The molecule has 1 aromatic rings. The molecule has 0 aliphatic heterocycles. The van der Waals surface area contributed by atoms with Gasteiger partial charge in [0.05, 0.1) is 5.01 Å². The van der Waals surface area contributed by atoms with Crippen molar-refractivity contribution in [3.63, 3.8) is 0 Å². The number of aromatic nitrogens is 1. The molecule has 0 saturated heterocycles. The van der Waals surface area contributed by atoms with Gasteiger partial charge in [-0.1, -0.05) is 5.16 Å². The summed E-state index contributed by atoms with van der Waals surface area (Å²) in [5, 5.41) is 17.2. The third-order valence-corrected chi connectivity index (χ3v) is 3.63. The molecule has 100 valence electrons. The molecule has 0 aliphatic carbocycles. The van der Waals surface area contributed by atoms with Gasteiger partial charge in [0, 0.05) is 24.0 Å². The van der Waals surface area contributed by atoms with Crippen molar-refractivity contribution >= 4 is 23.1 Å². The topological polar surface area (TPSA) is 101 Å². The number of hydrogen-bond donors (Lipinski definition) is 3. The zero-order valence-electron chi connectivity index (χ0n) is 10.7. The minimum absolute atomic E-state index is 0.106. The first-order valence-electron chi connectivity index (χ1n) is 5.55. The van der Waals surface area contributed by atoms with Crippen molar-refractivity contribution in [2.24, 2.45) is 16.3 Å². The van der Waals surface area contributed by atoms with Crippen LogP contribution in [0.4, 0.5) is 0 Å². The van der Waals surface area contributed by atoms with E-state index in [1.807, 2.05) is 12.3 Å². The Bertz CT molecular complexity index is 454. The van der Waals surface area contributed by atoms with E-state index in [1.54, 1.807) is 25.2 Å². The smallest absolute Gasteiger partial charge is 0.233 e. The lowest BCUT2D eigenvalue weighted by Gasteiger charge is -2.21. The van der Waals surface area contributed by atoms with Gasteiger partial charge in [-0.2, -0.15) is 0 Å². The predicted octanol–water partition coefficient (Wildman–Crippen LogP) is 0.883. The van der Waals surface area contributed by atoms with E-state index >= 15 is 0 Å². The summed E-state index contributed by atoms with van der Waals surface area (Å²) in [6.07, 6.45) is 0.677. The maximum absolute atomic E-state index is 11.9. The zero-order chi connectivity index (χ0) is 13.8. The van der Waals surface area contributed by atoms with Crippen molar-refractivity contribution in [3.8, 4) is 0 Å². The van der Waals surface area contributed by atoms with Crippen LogP contribution >= 0.6 is 11.3 Å². The summed E-state index contributed by atoms with van der Waals surface area (Å²) >= 11 is 1.57. The number of rotatable bonds is 5. The molecule has 4 N–H and O–H groups in total. The largest absolute Gasteiger partial charge is 0.409 e. The number of amidine groups is 1. The molecule has 7 heteroatoms. The van der Waals surface area contributed by atoms with Crippen LogP contribution in [0.3, 0.4) is 0 Å². The van der Waals surface area contributed by atoms with Crippen LogP contribution in [-0.4, -0.2) is 28.5 Å². The molecule has 0 bridgehead atoms. The second-order valence-electron chi connectivity index (χ2n) is 4.50. The van der Waals surface area contributed by atoms with Crippen molar-refractivity contribution in [2.45, 2.75) is 27.2 Å². The van der Waals surface area contributed by atoms with Crippen LogP contribution in [0.15, 0.2) is 10.5 Å². The third kappa shape index (κ3) is 3.43. The minimum Gasteiger partial charge on any atom is -0.409 e. The van der Waals surface area contributed by atoms with E-state index in [0.717, 1.165) is 10.7 Å². The van der Waals surface area contributed by atoms with Gasteiger partial charge in [0.2, 0.25) is 5.91 Å². The number of carbonyl (C=O) groups is 1. The molecule has 1 amide bonds. The van der Waals surface area contributed by atoms with E-state index in [2.05, 4.69) is 15.5 Å².